The number of imidazole rings is 1. The highest BCUT2D eigenvalue weighted by Crippen LogP contribution is 2.28. The van der Waals surface area contributed by atoms with Gasteiger partial charge in [-0.2, -0.15) is 8.78 Å². The van der Waals surface area contributed by atoms with Crippen molar-refractivity contribution in [3.63, 3.8) is 0 Å². The zero-order valence-electron chi connectivity index (χ0n) is 20.6. The fraction of sp³-hybridized carbons (Fsp3) is 0.259. The van der Waals surface area contributed by atoms with Gasteiger partial charge in [0.05, 0.1) is 17.8 Å². The molecule has 4 aromatic rings. The van der Waals surface area contributed by atoms with Crippen molar-refractivity contribution in [1.82, 2.24) is 19.3 Å². The van der Waals surface area contributed by atoms with Crippen LogP contribution in [0.1, 0.15) is 28.8 Å². The molecule has 1 saturated heterocycles. The number of aromatic nitrogens is 3. The molecule has 2 aromatic carbocycles. The van der Waals surface area contributed by atoms with E-state index in [1.807, 2.05) is 17.4 Å². The van der Waals surface area contributed by atoms with Gasteiger partial charge >= 0.3 is 6.61 Å². The number of nitrogens with one attached hydrogen (secondary N) is 1. The Kier molecular flexibility index (Phi) is 6.91. The quantitative estimate of drug-likeness (QED) is 0.374. The molecule has 1 fully saturated rings. The van der Waals surface area contributed by atoms with Crippen LogP contribution in [-0.2, 0) is 4.79 Å². The Morgan fingerprint density at radius 2 is 1.95 bits per heavy atom. The van der Waals surface area contributed by atoms with Crippen molar-refractivity contribution < 1.29 is 23.1 Å². The molecule has 3 heterocycles. The van der Waals surface area contributed by atoms with Gasteiger partial charge in [-0.1, -0.05) is 0 Å². The highest BCUT2D eigenvalue weighted by atomic mass is 19.3. The molecule has 38 heavy (non-hydrogen) atoms. The number of amides is 2. The van der Waals surface area contributed by atoms with Crippen molar-refractivity contribution in [1.29, 1.82) is 0 Å². The topological polar surface area (TPSA) is 115 Å². The molecule has 0 bridgehead atoms. The third-order valence-corrected chi connectivity index (χ3v) is 6.63. The van der Waals surface area contributed by atoms with Crippen LogP contribution in [0, 0.1) is 12.8 Å². The Bertz CT molecular complexity index is 1490. The molecule has 0 aliphatic carbocycles. The van der Waals surface area contributed by atoms with Crippen molar-refractivity contribution >= 4 is 29.0 Å². The number of carbonyl (C=O) groups excluding carboxylic acids is 2. The monoisotopic (exact) mass is 520 g/mol. The van der Waals surface area contributed by atoms with Crippen molar-refractivity contribution in [2.45, 2.75) is 26.4 Å². The van der Waals surface area contributed by atoms with Gasteiger partial charge in [0, 0.05) is 42.3 Å². The zero-order valence-corrected chi connectivity index (χ0v) is 20.6. The van der Waals surface area contributed by atoms with Crippen LogP contribution in [0.4, 0.5) is 20.3 Å². The molecule has 196 valence electrons. The molecule has 5 rings (SSSR count). The largest absolute Gasteiger partial charge is 0.435 e. The minimum absolute atomic E-state index is 0.0758. The Hall–Kier alpha value is -4.54. The number of piperidine rings is 1. The van der Waals surface area contributed by atoms with Crippen LogP contribution in [0.3, 0.4) is 0 Å². The Morgan fingerprint density at radius 3 is 2.66 bits per heavy atom. The molecule has 2 aromatic heterocycles. The first kappa shape index (κ1) is 25.1. The second-order valence-corrected chi connectivity index (χ2v) is 9.16. The van der Waals surface area contributed by atoms with E-state index in [4.69, 9.17) is 5.73 Å². The minimum atomic E-state index is -2.88. The fourth-order valence-electron chi connectivity index (χ4n) is 4.71. The predicted octanol–water partition coefficient (Wildman–Crippen LogP) is 4.39. The molecule has 9 nitrogen and oxygen atoms in total. The number of carbonyl (C=O) groups is 2. The number of benzene rings is 2. The summed E-state index contributed by atoms with van der Waals surface area (Å²) in [6, 6.07) is 11.7. The lowest BCUT2D eigenvalue weighted by Crippen LogP contribution is -2.44. The van der Waals surface area contributed by atoms with Gasteiger partial charge in [-0.25, -0.2) is 9.97 Å². The summed E-state index contributed by atoms with van der Waals surface area (Å²) in [6.07, 6.45) is 6.51. The number of likely N-dealkylation sites (tertiary alicyclic amines) is 1. The summed E-state index contributed by atoms with van der Waals surface area (Å²) in [5.41, 5.74) is 9.62. The number of primary amides is 1. The normalized spacial score (nSPS) is 15.6. The maximum atomic E-state index is 13.1. The molecule has 0 saturated carbocycles. The maximum absolute atomic E-state index is 13.1. The lowest BCUT2D eigenvalue weighted by Gasteiger charge is -2.31. The standard InChI is InChI=1S/C27H26F2N6O3/c1-16-13-19(6-9-21(16)26(37)34-11-2-3-18(15-34)23(30)36)33-24-25-32-14-22(35(25)12-10-31-24)17-4-7-20(8-5-17)38-27(28)29/h4-10,12-14,18,27H,2-3,11,15H2,1H3,(H2,30,36)(H,31,33). The summed E-state index contributed by atoms with van der Waals surface area (Å²) >= 11 is 0. The second kappa shape index (κ2) is 10.4. The first-order valence-corrected chi connectivity index (χ1v) is 12.1. The van der Waals surface area contributed by atoms with Crippen LogP contribution < -0.4 is 15.8 Å². The molecule has 2 amide bonds. The number of halogens is 2. The predicted molar refractivity (Wildman–Crippen MR) is 137 cm³/mol. The van der Waals surface area contributed by atoms with E-state index in [0.717, 1.165) is 28.9 Å². The first-order valence-electron chi connectivity index (χ1n) is 12.1. The number of nitrogens with two attached hydrogens (primary N) is 1. The lowest BCUT2D eigenvalue weighted by atomic mass is 9.96. The second-order valence-electron chi connectivity index (χ2n) is 9.16. The van der Waals surface area contributed by atoms with E-state index in [0.29, 0.717) is 36.5 Å². The molecule has 11 heteroatoms. The van der Waals surface area contributed by atoms with Crippen LogP contribution in [0.15, 0.2) is 61.1 Å². The molecular formula is C27H26F2N6O3. The van der Waals surface area contributed by atoms with Gasteiger partial charge in [0.2, 0.25) is 5.91 Å². The number of nitrogens with zero attached hydrogens (tertiary/aromatic N) is 4. The van der Waals surface area contributed by atoms with Crippen LogP contribution in [0.2, 0.25) is 0 Å². The number of rotatable bonds is 7. The summed E-state index contributed by atoms with van der Waals surface area (Å²) in [4.78, 5) is 35.3. The molecule has 1 unspecified atom stereocenters. The van der Waals surface area contributed by atoms with Crippen molar-refractivity contribution in [3.8, 4) is 17.0 Å². The average molecular weight is 521 g/mol. The van der Waals surface area contributed by atoms with Gasteiger partial charge < -0.3 is 20.7 Å². The van der Waals surface area contributed by atoms with E-state index in [1.54, 1.807) is 47.8 Å². The highest BCUT2D eigenvalue weighted by Gasteiger charge is 2.28. The Labute approximate surface area is 217 Å². The average Bonchev–Trinajstić information content (AvgIpc) is 3.34. The number of hydrogen-bond donors (Lipinski definition) is 2. The number of hydrogen-bond acceptors (Lipinski definition) is 6. The number of fused-ring (bicyclic) bond motifs is 1. The van der Waals surface area contributed by atoms with Gasteiger partial charge in [0.1, 0.15) is 5.75 Å². The van der Waals surface area contributed by atoms with E-state index in [-0.39, 0.29) is 23.5 Å². The van der Waals surface area contributed by atoms with Gasteiger partial charge in [0.25, 0.3) is 5.91 Å². The fourth-order valence-corrected chi connectivity index (χ4v) is 4.71. The third-order valence-electron chi connectivity index (χ3n) is 6.63. The summed E-state index contributed by atoms with van der Waals surface area (Å²) < 4.78 is 31.2. The molecule has 0 radical (unpaired) electrons. The maximum Gasteiger partial charge on any atom is 0.387 e. The van der Waals surface area contributed by atoms with Crippen molar-refractivity contribution in [3.05, 3.63) is 72.2 Å². The lowest BCUT2D eigenvalue weighted by molar-refractivity contribution is -0.123. The van der Waals surface area contributed by atoms with E-state index in [1.165, 1.54) is 12.1 Å². The smallest absolute Gasteiger partial charge is 0.387 e. The molecular weight excluding hydrogens is 494 g/mol. The number of aryl methyl sites for hydroxylation is 1. The number of alkyl halides is 2. The molecule has 1 aliphatic rings. The summed E-state index contributed by atoms with van der Waals surface area (Å²) in [5.74, 6) is -0.227. The summed E-state index contributed by atoms with van der Waals surface area (Å²) in [6.45, 7) is -0.0927. The van der Waals surface area contributed by atoms with Gasteiger partial charge in [-0.3, -0.25) is 14.0 Å². The minimum Gasteiger partial charge on any atom is -0.435 e. The summed E-state index contributed by atoms with van der Waals surface area (Å²) in [7, 11) is 0. The van der Waals surface area contributed by atoms with Gasteiger partial charge in [0.15, 0.2) is 11.5 Å². The molecule has 1 atom stereocenters. The van der Waals surface area contributed by atoms with Crippen molar-refractivity contribution in [2.24, 2.45) is 11.7 Å². The van der Waals surface area contributed by atoms with E-state index < -0.39 is 6.61 Å². The van der Waals surface area contributed by atoms with Gasteiger partial charge in [-0.15, -0.1) is 0 Å². The van der Waals surface area contributed by atoms with Gasteiger partial charge in [-0.05, 0) is 67.8 Å². The van der Waals surface area contributed by atoms with Crippen LogP contribution in [0.25, 0.3) is 16.9 Å². The molecule has 3 N–H and O–H groups in total. The Morgan fingerprint density at radius 1 is 1.16 bits per heavy atom. The zero-order chi connectivity index (χ0) is 26.8. The highest BCUT2D eigenvalue weighted by molar-refractivity contribution is 5.96. The summed E-state index contributed by atoms with van der Waals surface area (Å²) in [5, 5.41) is 3.27. The third kappa shape index (κ3) is 5.13. The molecule has 1 aliphatic heterocycles. The van der Waals surface area contributed by atoms with E-state index in [2.05, 4.69) is 20.0 Å². The number of ether oxygens (including phenoxy) is 1. The number of anilines is 2. The van der Waals surface area contributed by atoms with E-state index in [9.17, 15) is 18.4 Å². The van der Waals surface area contributed by atoms with Crippen LogP contribution >= 0.6 is 0 Å². The molecule has 0 spiro atoms. The SMILES string of the molecule is Cc1cc(Nc2nccn3c(-c4ccc(OC(F)F)cc4)cnc23)ccc1C(=O)N1CCCC(C(N)=O)C1. The first-order chi connectivity index (χ1) is 18.3. The van der Waals surface area contributed by atoms with Crippen LogP contribution in [0.5, 0.6) is 5.75 Å². The Balaban J connectivity index is 1.35. The van der Waals surface area contributed by atoms with E-state index >= 15 is 0 Å². The van der Waals surface area contributed by atoms with Crippen molar-refractivity contribution in [2.75, 3.05) is 18.4 Å². The van der Waals surface area contributed by atoms with Crippen LogP contribution in [-0.4, -0.2) is 50.8 Å².